The van der Waals surface area contributed by atoms with Gasteiger partial charge in [-0.15, -0.1) is 0 Å². The van der Waals surface area contributed by atoms with Crippen molar-refractivity contribution in [1.29, 1.82) is 0 Å². The van der Waals surface area contributed by atoms with E-state index in [1.807, 2.05) is 18.2 Å². The van der Waals surface area contributed by atoms with Crippen LogP contribution >= 0.6 is 0 Å². The molecule has 2 aromatic rings. The number of fused-ring (bicyclic) bond motifs is 1. The van der Waals surface area contributed by atoms with Crippen molar-refractivity contribution in [3.63, 3.8) is 0 Å². The Morgan fingerprint density at radius 2 is 1.82 bits per heavy atom. The highest BCUT2D eigenvalue weighted by Gasteiger charge is 2.36. The second-order valence-corrected chi connectivity index (χ2v) is 6.28. The van der Waals surface area contributed by atoms with Gasteiger partial charge in [0.15, 0.2) is 0 Å². The summed E-state index contributed by atoms with van der Waals surface area (Å²) >= 11 is 0. The van der Waals surface area contributed by atoms with Crippen LogP contribution in [0.5, 0.6) is 5.75 Å². The van der Waals surface area contributed by atoms with E-state index in [0.717, 1.165) is 30.7 Å². The third-order valence-electron chi connectivity index (χ3n) is 4.60. The van der Waals surface area contributed by atoms with Crippen molar-refractivity contribution >= 4 is 5.82 Å². The van der Waals surface area contributed by atoms with Crippen molar-refractivity contribution in [1.82, 2.24) is 4.98 Å². The lowest BCUT2D eigenvalue weighted by Gasteiger charge is -2.22. The molecule has 0 radical (unpaired) electrons. The highest BCUT2D eigenvalue weighted by molar-refractivity contribution is 5.69. The van der Waals surface area contributed by atoms with Gasteiger partial charge in [-0.05, 0) is 61.1 Å². The molecule has 2 unspecified atom stereocenters. The SMILES string of the molecule is Nc1cccc(-c2ccc(OC3CC3N)c3c2CCCC3)n1. The molecular formula is C18H21N3O. The zero-order chi connectivity index (χ0) is 15.1. The molecule has 0 aliphatic heterocycles. The smallest absolute Gasteiger partial charge is 0.124 e. The van der Waals surface area contributed by atoms with Gasteiger partial charge in [0, 0.05) is 18.0 Å². The van der Waals surface area contributed by atoms with Crippen molar-refractivity contribution < 1.29 is 4.74 Å². The molecule has 2 aliphatic rings. The summed E-state index contributed by atoms with van der Waals surface area (Å²) in [5.74, 6) is 1.58. The van der Waals surface area contributed by atoms with Crippen LogP contribution in [0.4, 0.5) is 5.82 Å². The lowest BCUT2D eigenvalue weighted by molar-refractivity contribution is 0.292. The van der Waals surface area contributed by atoms with Crippen LogP contribution in [-0.4, -0.2) is 17.1 Å². The first kappa shape index (κ1) is 13.6. The fraction of sp³-hybridized carbons (Fsp3) is 0.389. The number of nitrogens with zero attached hydrogens (tertiary/aromatic N) is 1. The van der Waals surface area contributed by atoms with Crippen LogP contribution in [-0.2, 0) is 12.8 Å². The van der Waals surface area contributed by atoms with Crippen molar-refractivity contribution in [3.05, 3.63) is 41.5 Å². The predicted molar refractivity (Wildman–Crippen MR) is 87.7 cm³/mol. The summed E-state index contributed by atoms with van der Waals surface area (Å²) in [6.45, 7) is 0. The Morgan fingerprint density at radius 1 is 1.05 bits per heavy atom. The van der Waals surface area contributed by atoms with Crippen LogP contribution in [0.3, 0.4) is 0 Å². The van der Waals surface area contributed by atoms with Gasteiger partial charge in [0.25, 0.3) is 0 Å². The molecule has 114 valence electrons. The molecule has 2 atom stereocenters. The van der Waals surface area contributed by atoms with Gasteiger partial charge in [-0.1, -0.05) is 6.07 Å². The van der Waals surface area contributed by atoms with Gasteiger partial charge in [0.2, 0.25) is 0 Å². The molecule has 1 saturated carbocycles. The number of aromatic nitrogens is 1. The van der Waals surface area contributed by atoms with E-state index in [0.29, 0.717) is 5.82 Å². The summed E-state index contributed by atoms with van der Waals surface area (Å²) < 4.78 is 6.08. The van der Waals surface area contributed by atoms with Crippen molar-refractivity contribution in [2.24, 2.45) is 5.73 Å². The van der Waals surface area contributed by atoms with E-state index in [2.05, 4.69) is 17.1 Å². The molecule has 1 heterocycles. The van der Waals surface area contributed by atoms with Gasteiger partial charge in [-0.2, -0.15) is 0 Å². The van der Waals surface area contributed by atoms with E-state index in [9.17, 15) is 0 Å². The fourth-order valence-electron chi connectivity index (χ4n) is 3.27. The largest absolute Gasteiger partial charge is 0.488 e. The second kappa shape index (κ2) is 5.29. The molecule has 4 rings (SSSR count). The van der Waals surface area contributed by atoms with Gasteiger partial charge < -0.3 is 16.2 Å². The molecule has 2 aliphatic carbocycles. The molecule has 0 bridgehead atoms. The minimum Gasteiger partial charge on any atom is -0.488 e. The molecule has 1 aromatic carbocycles. The Hall–Kier alpha value is -2.07. The van der Waals surface area contributed by atoms with Crippen LogP contribution in [0.15, 0.2) is 30.3 Å². The van der Waals surface area contributed by atoms with Gasteiger partial charge >= 0.3 is 0 Å². The maximum Gasteiger partial charge on any atom is 0.124 e. The van der Waals surface area contributed by atoms with Crippen LogP contribution in [0.25, 0.3) is 11.3 Å². The Morgan fingerprint density at radius 3 is 2.55 bits per heavy atom. The number of ether oxygens (including phenoxy) is 1. The zero-order valence-corrected chi connectivity index (χ0v) is 12.6. The summed E-state index contributed by atoms with van der Waals surface area (Å²) in [5, 5.41) is 0. The van der Waals surface area contributed by atoms with Crippen LogP contribution in [0.2, 0.25) is 0 Å². The quantitative estimate of drug-likeness (QED) is 0.913. The Kier molecular flexibility index (Phi) is 3.26. The molecule has 1 fully saturated rings. The molecule has 0 amide bonds. The third-order valence-corrected chi connectivity index (χ3v) is 4.60. The molecule has 4 heteroatoms. The third kappa shape index (κ3) is 2.44. The van der Waals surface area contributed by atoms with Crippen LogP contribution < -0.4 is 16.2 Å². The standard InChI is InChI=1S/C18H21N3O/c19-14-10-17(14)22-16-9-8-12(11-4-1-2-5-13(11)16)15-6-3-7-18(20)21-15/h3,6-9,14,17H,1-2,4-5,10,19H2,(H2,20,21). The summed E-state index contributed by atoms with van der Waals surface area (Å²) in [6.07, 6.45) is 5.75. The van der Waals surface area contributed by atoms with Gasteiger partial charge in [0.1, 0.15) is 17.7 Å². The van der Waals surface area contributed by atoms with Crippen molar-refractivity contribution in [2.75, 3.05) is 5.73 Å². The van der Waals surface area contributed by atoms with E-state index in [1.165, 1.54) is 29.5 Å². The van der Waals surface area contributed by atoms with E-state index >= 15 is 0 Å². The van der Waals surface area contributed by atoms with E-state index < -0.39 is 0 Å². The monoisotopic (exact) mass is 295 g/mol. The molecule has 1 aromatic heterocycles. The van der Waals surface area contributed by atoms with E-state index in [1.54, 1.807) is 0 Å². The van der Waals surface area contributed by atoms with E-state index in [4.69, 9.17) is 16.2 Å². The molecular weight excluding hydrogens is 274 g/mol. The van der Waals surface area contributed by atoms with Crippen LogP contribution in [0, 0.1) is 0 Å². The number of hydrogen-bond acceptors (Lipinski definition) is 4. The number of anilines is 1. The lowest BCUT2D eigenvalue weighted by Crippen LogP contribution is -2.14. The van der Waals surface area contributed by atoms with Crippen molar-refractivity contribution in [3.8, 4) is 17.0 Å². The van der Waals surface area contributed by atoms with Gasteiger partial charge in [0.05, 0.1) is 5.69 Å². The first-order valence-electron chi connectivity index (χ1n) is 8.02. The Balaban J connectivity index is 1.76. The van der Waals surface area contributed by atoms with E-state index in [-0.39, 0.29) is 12.1 Å². The van der Waals surface area contributed by atoms with Crippen LogP contribution in [0.1, 0.15) is 30.4 Å². The summed E-state index contributed by atoms with van der Waals surface area (Å²) in [7, 11) is 0. The average molecular weight is 295 g/mol. The highest BCUT2D eigenvalue weighted by Crippen LogP contribution is 2.38. The number of benzene rings is 1. The van der Waals surface area contributed by atoms with Gasteiger partial charge in [-0.25, -0.2) is 4.98 Å². The number of rotatable bonds is 3. The predicted octanol–water partition coefficient (Wildman–Crippen LogP) is 2.69. The summed E-state index contributed by atoms with van der Waals surface area (Å²) in [5.41, 5.74) is 16.6. The average Bonchev–Trinajstić information content (AvgIpc) is 3.23. The molecule has 0 spiro atoms. The molecule has 0 saturated heterocycles. The molecule has 4 N–H and O–H groups in total. The maximum absolute atomic E-state index is 6.08. The topological polar surface area (TPSA) is 74.2 Å². The second-order valence-electron chi connectivity index (χ2n) is 6.28. The molecule has 22 heavy (non-hydrogen) atoms. The minimum atomic E-state index is 0.197. The zero-order valence-electron chi connectivity index (χ0n) is 12.6. The van der Waals surface area contributed by atoms with Gasteiger partial charge in [-0.3, -0.25) is 0 Å². The minimum absolute atomic E-state index is 0.197. The lowest BCUT2D eigenvalue weighted by atomic mass is 9.86. The Bertz CT molecular complexity index is 713. The number of nitrogen functional groups attached to an aromatic ring is 1. The van der Waals surface area contributed by atoms with Crippen molar-refractivity contribution in [2.45, 2.75) is 44.2 Å². The number of hydrogen-bond donors (Lipinski definition) is 2. The summed E-state index contributed by atoms with van der Waals surface area (Å²) in [6, 6.07) is 10.2. The normalized spacial score (nSPS) is 23.0. The molecule has 4 nitrogen and oxygen atoms in total. The fourth-order valence-corrected chi connectivity index (χ4v) is 3.27. The first-order valence-corrected chi connectivity index (χ1v) is 8.02. The number of nitrogens with two attached hydrogens (primary N) is 2. The Labute approximate surface area is 130 Å². The first-order chi connectivity index (χ1) is 10.7. The highest BCUT2D eigenvalue weighted by atomic mass is 16.5. The summed E-state index contributed by atoms with van der Waals surface area (Å²) in [4.78, 5) is 4.48. The maximum atomic E-state index is 6.08. The number of pyridine rings is 1.